The summed E-state index contributed by atoms with van der Waals surface area (Å²) in [6, 6.07) is 0. The zero-order valence-electron chi connectivity index (χ0n) is 22.9. The van der Waals surface area contributed by atoms with Crippen LogP contribution in [0.3, 0.4) is 0 Å². The zero-order valence-corrected chi connectivity index (χ0v) is 23.7. The van der Waals surface area contributed by atoms with Crippen LogP contribution in [0.25, 0.3) is 0 Å². The van der Waals surface area contributed by atoms with E-state index in [9.17, 15) is 14.4 Å². The molecule has 0 saturated heterocycles. The molecule has 4 rings (SSSR count). The van der Waals surface area contributed by atoms with Crippen LogP contribution >= 0.6 is 11.6 Å². The van der Waals surface area contributed by atoms with E-state index in [0.29, 0.717) is 18.0 Å². The highest BCUT2D eigenvalue weighted by Crippen LogP contribution is 2.14. The second kappa shape index (κ2) is 23.5. The molecule has 240 valence electrons. The van der Waals surface area contributed by atoms with Crippen LogP contribution in [0.15, 0.2) is 28.5 Å². The lowest BCUT2D eigenvalue weighted by atomic mass is 10.4. The minimum absolute atomic E-state index is 0.0101. The predicted octanol–water partition coefficient (Wildman–Crippen LogP) is -0.703. The molecule has 24 nitrogen and oxygen atoms in total. The summed E-state index contributed by atoms with van der Waals surface area (Å²) in [6.07, 6.45) is 1.03. The fraction of sp³-hybridized carbons (Fsp3) is 0.368. The van der Waals surface area contributed by atoms with Crippen LogP contribution in [0.2, 0.25) is 0 Å². The second-order valence-corrected chi connectivity index (χ2v) is 6.62. The third-order valence-electron chi connectivity index (χ3n) is 3.83. The highest BCUT2D eigenvalue weighted by Gasteiger charge is 2.15. The molecule has 0 amide bonds. The van der Waals surface area contributed by atoms with Gasteiger partial charge in [-0.3, -0.25) is 19.0 Å². The van der Waals surface area contributed by atoms with Crippen LogP contribution in [0, 0.1) is 0 Å². The number of nitrogens with one attached hydrogen (secondary N) is 1. The molecule has 0 atom stereocenters. The van der Waals surface area contributed by atoms with Crippen molar-refractivity contribution in [2.45, 2.75) is 26.6 Å². The first-order valence-electron chi connectivity index (χ1n) is 10.9. The lowest BCUT2D eigenvalue weighted by molar-refractivity contribution is -0.191. The van der Waals surface area contributed by atoms with Crippen LogP contribution in [-0.2, 0) is 48.3 Å². The molecule has 0 aliphatic heterocycles. The van der Waals surface area contributed by atoms with E-state index in [1.165, 1.54) is 14.2 Å². The van der Waals surface area contributed by atoms with Gasteiger partial charge in [-0.05, 0) is 37.4 Å². The first kappa shape index (κ1) is 37.8. The summed E-state index contributed by atoms with van der Waals surface area (Å²) in [7, 11) is 4.33. The van der Waals surface area contributed by atoms with Gasteiger partial charge in [0.1, 0.15) is 18.9 Å². The summed E-state index contributed by atoms with van der Waals surface area (Å²) in [5.74, 6) is 0.789. The lowest BCUT2D eigenvalue weighted by Crippen LogP contribution is -2.07. The van der Waals surface area contributed by atoms with Crippen molar-refractivity contribution in [3.05, 3.63) is 33.1 Å². The van der Waals surface area contributed by atoms with Crippen molar-refractivity contribution in [3.8, 4) is 17.6 Å². The lowest BCUT2D eigenvalue weighted by Gasteiger charge is -1.93. The molecular formula is C19H22ClN9O15. The molecule has 0 aliphatic carbocycles. The Bertz CT molecular complexity index is 1440. The van der Waals surface area contributed by atoms with Crippen molar-refractivity contribution in [3.63, 3.8) is 0 Å². The van der Waals surface area contributed by atoms with E-state index >= 15 is 0 Å². The van der Waals surface area contributed by atoms with Crippen molar-refractivity contribution in [2.24, 2.45) is 5.16 Å². The Hall–Kier alpha value is -6.16. The number of hydrogen-bond donors (Lipinski definition) is 2. The van der Waals surface area contributed by atoms with E-state index in [1.54, 1.807) is 7.11 Å². The Morgan fingerprint density at radius 1 is 0.841 bits per heavy atom. The number of methoxy groups -OCH3 is 3. The van der Waals surface area contributed by atoms with Gasteiger partial charge in [0.15, 0.2) is 11.4 Å². The largest absolute Gasteiger partial charge is 0.477 e. The summed E-state index contributed by atoms with van der Waals surface area (Å²) >= 11 is 5.37. The number of hydrogen-bond acceptors (Lipinski definition) is 23. The number of oxime groups is 1. The van der Waals surface area contributed by atoms with E-state index < -0.39 is 5.56 Å². The van der Waals surface area contributed by atoms with Crippen LogP contribution < -0.4 is 19.8 Å². The van der Waals surface area contributed by atoms with Crippen LogP contribution in [0.5, 0.6) is 17.6 Å². The van der Waals surface area contributed by atoms with Crippen LogP contribution in [0.1, 0.15) is 29.7 Å². The molecule has 0 bridgehead atoms. The molecule has 0 aromatic carbocycles. The summed E-state index contributed by atoms with van der Waals surface area (Å²) < 4.78 is 40.0. The van der Waals surface area contributed by atoms with Crippen LogP contribution in [0.4, 0.5) is 0 Å². The van der Waals surface area contributed by atoms with Gasteiger partial charge in [-0.15, -0.1) is 0 Å². The standard InChI is InChI=1S/C5H6N2O4.C5H8N2O2.C4H4ClN3O3.C4H4N2O4.CO2/c1-9-5-4(2-10-3-8)6-11-7-5;1-3-4-5(8-2)7-9-6-4;1-10-4-2(3(5)6-9)7-11-8-4;7-2-9-1-3-4(8)6-10-5-3;2-1-3/h3H,2H2,1H3;3H2,1-2H3;9H,1H3;2H,1H2,(H,6,8);. The molecule has 25 heteroatoms. The van der Waals surface area contributed by atoms with Gasteiger partial charge in [-0.25, -0.2) is 13.9 Å². The Labute approximate surface area is 248 Å². The van der Waals surface area contributed by atoms with Gasteiger partial charge in [0, 0.05) is 0 Å². The summed E-state index contributed by atoms with van der Waals surface area (Å²) in [4.78, 5) is 46.1. The summed E-state index contributed by atoms with van der Waals surface area (Å²) in [6.45, 7) is 2.36. The highest BCUT2D eigenvalue weighted by atomic mass is 35.5. The van der Waals surface area contributed by atoms with Crippen molar-refractivity contribution in [1.82, 2.24) is 41.3 Å². The first-order valence-corrected chi connectivity index (χ1v) is 11.3. The van der Waals surface area contributed by atoms with Crippen molar-refractivity contribution in [2.75, 3.05) is 21.3 Å². The number of carbonyl (C=O) groups is 2. The maximum Gasteiger partial charge on any atom is 0.373 e. The third-order valence-corrected chi connectivity index (χ3v) is 4.09. The van der Waals surface area contributed by atoms with E-state index in [1.807, 2.05) is 12.1 Å². The molecule has 0 radical (unpaired) electrons. The van der Waals surface area contributed by atoms with Gasteiger partial charge in [-0.1, -0.05) is 28.8 Å². The fourth-order valence-corrected chi connectivity index (χ4v) is 2.15. The minimum Gasteiger partial charge on any atom is -0.477 e. The van der Waals surface area contributed by atoms with Gasteiger partial charge in [0.2, 0.25) is 10.9 Å². The average Bonchev–Trinajstić information content (AvgIpc) is 3.87. The molecular weight excluding hydrogens is 630 g/mol. The zero-order chi connectivity index (χ0) is 33.2. The number of rotatable bonds is 11. The molecule has 0 unspecified atom stereocenters. The van der Waals surface area contributed by atoms with E-state index in [4.69, 9.17) is 35.9 Å². The van der Waals surface area contributed by atoms with Gasteiger partial charge in [0.05, 0.1) is 21.3 Å². The SMILES string of the molecule is CCc1nonc1OC.COc1nonc1C(Cl)=NO.COc1nonc1COC=O.O=C=O.O=COCc1no[nH]c1=O. The molecule has 44 heavy (non-hydrogen) atoms. The topological polar surface area (TPSA) is 323 Å². The first-order chi connectivity index (χ1) is 21.3. The number of carbonyl (C=O) groups excluding carboxylic acids is 4. The Kier molecular flexibility index (Phi) is 20.2. The van der Waals surface area contributed by atoms with Crippen LogP contribution in [-0.4, -0.2) is 92.1 Å². The quantitative estimate of drug-likeness (QED) is 0.0875. The smallest absolute Gasteiger partial charge is 0.373 e. The molecule has 0 spiro atoms. The number of aryl methyl sites for hydroxylation is 1. The molecule has 4 aromatic heterocycles. The molecule has 4 heterocycles. The van der Waals surface area contributed by atoms with E-state index in [-0.39, 0.29) is 54.2 Å². The Balaban J connectivity index is 0.000000545. The maximum absolute atomic E-state index is 10.5. The normalized spacial score (nSPS) is 9.43. The number of aromatic nitrogens is 8. The number of H-pyrrole nitrogens is 1. The fourth-order valence-electron chi connectivity index (χ4n) is 2.04. The van der Waals surface area contributed by atoms with Gasteiger partial charge in [0.25, 0.3) is 30.6 Å². The van der Waals surface area contributed by atoms with E-state index in [2.05, 4.69) is 74.0 Å². The monoisotopic (exact) mass is 651 g/mol. The summed E-state index contributed by atoms with van der Waals surface area (Å²) in [5.41, 5.74) is 0.753. The minimum atomic E-state index is -0.484. The Morgan fingerprint density at radius 3 is 1.75 bits per heavy atom. The van der Waals surface area contributed by atoms with Gasteiger partial charge in [-0.2, -0.15) is 14.7 Å². The maximum atomic E-state index is 10.5. The Morgan fingerprint density at radius 2 is 1.32 bits per heavy atom. The van der Waals surface area contributed by atoms with Crippen molar-refractivity contribution in [1.29, 1.82) is 0 Å². The van der Waals surface area contributed by atoms with Gasteiger partial charge < -0.3 is 28.9 Å². The second-order valence-electron chi connectivity index (χ2n) is 6.27. The number of halogens is 1. The van der Waals surface area contributed by atoms with E-state index in [0.717, 1.165) is 12.1 Å². The highest BCUT2D eigenvalue weighted by molar-refractivity contribution is 6.69. The molecule has 2 N–H and O–H groups in total. The molecule has 0 fully saturated rings. The average molecular weight is 652 g/mol. The predicted molar refractivity (Wildman–Crippen MR) is 130 cm³/mol. The van der Waals surface area contributed by atoms with Crippen molar-refractivity contribution < 1.29 is 66.6 Å². The third kappa shape index (κ3) is 14.0. The molecule has 0 aliphatic rings. The number of ether oxygens (including phenoxy) is 5. The van der Waals surface area contributed by atoms with Gasteiger partial charge >= 0.3 is 11.7 Å². The molecule has 4 aromatic rings. The summed E-state index contributed by atoms with van der Waals surface area (Å²) in [5, 5.41) is 36.4. The van der Waals surface area contributed by atoms with Crippen molar-refractivity contribution >= 4 is 35.9 Å². The number of nitrogens with zero attached hydrogens (tertiary/aromatic N) is 8. The molecule has 0 saturated carbocycles. The number of aromatic amines is 1.